The van der Waals surface area contributed by atoms with Crippen molar-refractivity contribution in [2.75, 3.05) is 26.5 Å². The van der Waals surface area contributed by atoms with Crippen LogP contribution in [0, 0.1) is 5.82 Å². The van der Waals surface area contributed by atoms with Gasteiger partial charge in [0.05, 0.1) is 23.7 Å². The number of carbonyl (C=O) groups is 1. The number of nitrogens with one attached hydrogen (secondary N) is 2. The molecule has 0 aliphatic carbocycles. The molecule has 0 saturated heterocycles. The largest absolute Gasteiger partial charge is 0.497 e. The van der Waals surface area contributed by atoms with Gasteiger partial charge in [0.1, 0.15) is 28.5 Å². The number of ether oxygens (including phenoxy) is 1. The third-order valence-corrected chi connectivity index (χ3v) is 4.73. The van der Waals surface area contributed by atoms with E-state index >= 15 is 0 Å². The van der Waals surface area contributed by atoms with E-state index < -0.39 is 17.2 Å². The highest BCUT2D eigenvalue weighted by atomic mass is 19.1. The van der Waals surface area contributed by atoms with E-state index in [4.69, 9.17) is 4.74 Å². The number of rotatable bonds is 4. The van der Waals surface area contributed by atoms with Crippen molar-refractivity contribution >= 4 is 28.0 Å². The molecule has 0 atom stereocenters. The predicted molar refractivity (Wildman–Crippen MR) is 105 cm³/mol. The average molecular weight is 380 g/mol. The lowest BCUT2D eigenvalue weighted by molar-refractivity contribution is 0.0961. The zero-order valence-electron chi connectivity index (χ0n) is 15.5. The second-order valence-electron chi connectivity index (χ2n) is 6.21. The fraction of sp³-hybridized carbons (Fsp3) is 0.150. The van der Waals surface area contributed by atoms with Crippen molar-refractivity contribution in [2.45, 2.75) is 0 Å². The fourth-order valence-corrected chi connectivity index (χ4v) is 3.35. The lowest BCUT2D eigenvalue weighted by atomic mass is 10.1. The van der Waals surface area contributed by atoms with Crippen molar-refractivity contribution in [3.05, 3.63) is 58.1 Å². The lowest BCUT2D eigenvalue weighted by Crippen LogP contribution is -2.26. The first kappa shape index (κ1) is 17.7. The van der Waals surface area contributed by atoms with Crippen LogP contribution in [0.25, 0.3) is 27.8 Å². The summed E-state index contributed by atoms with van der Waals surface area (Å²) in [6, 6.07) is 8.31. The zero-order valence-corrected chi connectivity index (χ0v) is 15.5. The third kappa shape index (κ3) is 2.45. The van der Waals surface area contributed by atoms with E-state index in [1.54, 1.807) is 30.7 Å². The molecule has 2 heterocycles. The van der Waals surface area contributed by atoms with Gasteiger partial charge in [-0.05, 0) is 30.3 Å². The zero-order chi connectivity index (χ0) is 20.0. The summed E-state index contributed by atoms with van der Waals surface area (Å²) in [6.07, 6.45) is 1.44. The predicted octanol–water partition coefficient (Wildman–Crippen LogP) is 2.50. The molecular formula is C20H17FN4O3. The maximum Gasteiger partial charge on any atom is 0.256 e. The number of hydrogen-bond acceptors (Lipinski definition) is 5. The van der Waals surface area contributed by atoms with Crippen LogP contribution in [0.5, 0.6) is 5.75 Å². The van der Waals surface area contributed by atoms with Gasteiger partial charge >= 0.3 is 0 Å². The highest BCUT2D eigenvalue weighted by Crippen LogP contribution is 2.33. The van der Waals surface area contributed by atoms with Gasteiger partial charge in [-0.15, -0.1) is 0 Å². The van der Waals surface area contributed by atoms with Crippen LogP contribution in [0.1, 0.15) is 10.4 Å². The molecular weight excluding hydrogens is 363 g/mol. The Morgan fingerprint density at radius 3 is 2.54 bits per heavy atom. The maximum atomic E-state index is 14.6. The molecule has 4 aromatic rings. The number of pyridine rings is 1. The Morgan fingerprint density at radius 1 is 1.21 bits per heavy atom. The summed E-state index contributed by atoms with van der Waals surface area (Å²) < 4.78 is 21.5. The van der Waals surface area contributed by atoms with Crippen LogP contribution in [0.15, 0.2) is 41.3 Å². The van der Waals surface area contributed by atoms with E-state index in [1.165, 1.54) is 13.2 Å². The van der Waals surface area contributed by atoms with Crippen LogP contribution in [0.3, 0.4) is 0 Å². The normalized spacial score (nSPS) is 11.1. The van der Waals surface area contributed by atoms with Crippen molar-refractivity contribution in [2.24, 2.45) is 0 Å². The molecule has 0 spiro atoms. The SMILES string of the molecule is CNC(=O)c1cn2c(-c3ccc(OC)cc3)nc3c(NC)c(F)cc(c1=O)c32. The molecule has 0 aliphatic heterocycles. The van der Waals surface area contributed by atoms with Crippen LogP contribution >= 0.6 is 0 Å². The number of aromatic nitrogens is 2. The average Bonchev–Trinajstić information content (AvgIpc) is 3.09. The molecule has 2 aromatic carbocycles. The van der Waals surface area contributed by atoms with Gasteiger partial charge in [-0.25, -0.2) is 9.37 Å². The van der Waals surface area contributed by atoms with E-state index in [1.807, 2.05) is 12.1 Å². The van der Waals surface area contributed by atoms with E-state index in [0.717, 1.165) is 11.6 Å². The Labute approximate surface area is 159 Å². The van der Waals surface area contributed by atoms with Gasteiger partial charge < -0.3 is 15.4 Å². The van der Waals surface area contributed by atoms with E-state index in [0.29, 0.717) is 22.6 Å². The number of nitrogens with zero attached hydrogens (tertiary/aromatic N) is 2. The molecule has 0 saturated carbocycles. The van der Waals surface area contributed by atoms with Crippen molar-refractivity contribution in [3.8, 4) is 17.1 Å². The van der Waals surface area contributed by atoms with Crippen LogP contribution < -0.4 is 20.8 Å². The smallest absolute Gasteiger partial charge is 0.256 e. The highest BCUT2D eigenvalue weighted by molar-refractivity contribution is 6.05. The summed E-state index contributed by atoms with van der Waals surface area (Å²) in [5.74, 6) is 0.00606. The minimum atomic E-state index is -0.609. The molecule has 0 fully saturated rings. The van der Waals surface area contributed by atoms with E-state index in [9.17, 15) is 14.0 Å². The quantitative estimate of drug-likeness (QED) is 0.568. The minimum Gasteiger partial charge on any atom is -0.497 e. The molecule has 28 heavy (non-hydrogen) atoms. The molecule has 0 bridgehead atoms. The van der Waals surface area contributed by atoms with Crippen molar-refractivity contribution in [1.82, 2.24) is 14.7 Å². The van der Waals surface area contributed by atoms with Gasteiger partial charge in [-0.2, -0.15) is 0 Å². The van der Waals surface area contributed by atoms with Crippen LogP contribution in [0.4, 0.5) is 10.1 Å². The first-order valence-electron chi connectivity index (χ1n) is 8.55. The molecule has 4 rings (SSSR count). The molecule has 2 aromatic heterocycles. The topological polar surface area (TPSA) is 84.7 Å². The van der Waals surface area contributed by atoms with Gasteiger partial charge in [0.15, 0.2) is 0 Å². The van der Waals surface area contributed by atoms with Gasteiger partial charge in [0.2, 0.25) is 5.43 Å². The number of halogens is 1. The summed E-state index contributed by atoms with van der Waals surface area (Å²) in [6.45, 7) is 0. The second-order valence-corrected chi connectivity index (χ2v) is 6.21. The molecule has 8 heteroatoms. The highest BCUT2D eigenvalue weighted by Gasteiger charge is 2.23. The summed E-state index contributed by atoms with van der Waals surface area (Å²) >= 11 is 0. The third-order valence-electron chi connectivity index (χ3n) is 4.73. The Bertz CT molecular complexity index is 1270. The van der Waals surface area contributed by atoms with Crippen LogP contribution in [-0.2, 0) is 0 Å². The van der Waals surface area contributed by atoms with Gasteiger partial charge in [0, 0.05) is 25.9 Å². The number of imidazole rings is 1. The number of anilines is 1. The Balaban J connectivity index is 2.15. The molecule has 2 N–H and O–H groups in total. The number of carbonyl (C=O) groups excluding carboxylic acids is 1. The summed E-state index contributed by atoms with van der Waals surface area (Å²) in [5.41, 5.74) is 1.07. The van der Waals surface area contributed by atoms with Gasteiger partial charge in [-0.3, -0.25) is 14.0 Å². The standard InChI is InChI=1S/C20H17FN4O3/c1-22-15-14(21)8-12-17-16(15)24-19(10-4-6-11(28-3)7-5-10)25(17)9-13(18(12)26)20(27)23-2/h4-9,22H,1-3H3,(H,23,27). The first-order chi connectivity index (χ1) is 13.5. The first-order valence-corrected chi connectivity index (χ1v) is 8.55. The minimum absolute atomic E-state index is 0.0827. The van der Waals surface area contributed by atoms with Crippen molar-refractivity contribution in [3.63, 3.8) is 0 Å². The number of methoxy groups -OCH3 is 1. The Hall–Kier alpha value is -3.68. The molecule has 0 unspecified atom stereocenters. The Morgan fingerprint density at radius 2 is 1.93 bits per heavy atom. The van der Waals surface area contributed by atoms with Gasteiger partial charge in [0.25, 0.3) is 5.91 Å². The molecule has 1 amide bonds. The maximum absolute atomic E-state index is 14.6. The molecule has 0 aliphatic rings. The van der Waals surface area contributed by atoms with E-state index in [-0.39, 0.29) is 16.6 Å². The molecule has 0 radical (unpaired) electrons. The molecule has 7 nitrogen and oxygen atoms in total. The number of amides is 1. The monoisotopic (exact) mass is 380 g/mol. The van der Waals surface area contributed by atoms with Crippen molar-refractivity contribution < 1.29 is 13.9 Å². The van der Waals surface area contributed by atoms with Crippen LogP contribution in [-0.4, -0.2) is 36.5 Å². The number of hydrogen-bond donors (Lipinski definition) is 2. The summed E-state index contributed by atoms with van der Waals surface area (Å²) in [5, 5.41) is 5.35. The number of benzene rings is 2. The second kappa shape index (κ2) is 6.49. The van der Waals surface area contributed by atoms with Crippen LogP contribution in [0.2, 0.25) is 0 Å². The van der Waals surface area contributed by atoms with E-state index in [2.05, 4.69) is 15.6 Å². The summed E-state index contributed by atoms with van der Waals surface area (Å²) in [4.78, 5) is 29.6. The Kier molecular flexibility index (Phi) is 4.11. The van der Waals surface area contributed by atoms with Crippen molar-refractivity contribution in [1.29, 1.82) is 0 Å². The van der Waals surface area contributed by atoms with Gasteiger partial charge in [-0.1, -0.05) is 0 Å². The molecule has 142 valence electrons. The fourth-order valence-electron chi connectivity index (χ4n) is 3.35. The lowest BCUT2D eigenvalue weighted by Gasteiger charge is -2.08. The summed E-state index contributed by atoms with van der Waals surface area (Å²) in [7, 11) is 4.59.